The molecule has 0 heterocycles. The summed E-state index contributed by atoms with van der Waals surface area (Å²) in [6.45, 7) is 11.8. The molecule has 3 rings (SSSR count). The Morgan fingerprint density at radius 1 is 0.800 bits per heavy atom. The van der Waals surface area contributed by atoms with E-state index in [1.54, 1.807) is 15.9 Å². The molecule has 130 valence electrons. The minimum Gasteiger partial charge on any atom is -0.0733 e. The molecule has 0 aliphatic heterocycles. The molecule has 0 spiro atoms. The molecular weight excluding hydrogens is 316 g/mol. The van der Waals surface area contributed by atoms with Crippen LogP contribution in [0.25, 0.3) is 0 Å². The lowest BCUT2D eigenvalue weighted by molar-refractivity contribution is 0.840. The number of allylic oxidation sites excluding steroid dienone is 4. The lowest BCUT2D eigenvalue weighted by Crippen LogP contribution is -2.65. The van der Waals surface area contributed by atoms with Gasteiger partial charge in [-0.1, -0.05) is 109 Å². The quantitative estimate of drug-likeness (QED) is 0.608. The normalized spacial score (nSPS) is 20.8. The zero-order valence-electron chi connectivity index (χ0n) is 16.3. The minimum absolute atomic E-state index is 0.125. The van der Waals surface area contributed by atoms with Crippen molar-refractivity contribution in [3.8, 4) is 0 Å². The van der Waals surface area contributed by atoms with Crippen LogP contribution in [0, 0.1) is 0 Å². The first-order valence-electron chi connectivity index (χ1n) is 9.46. The summed E-state index contributed by atoms with van der Waals surface area (Å²) >= 11 is 0. The van der Waals surface area contributed by atoms with Crippen LogP contribution in [-0.4, -0.2) is 8.07 Å². The van der Waals surface area contributed by atoms with Crippen molar-refractivity contribution >= 4 is 18.4 Å². The van der Waals surface area contributed by atoms with E-state index in [2.05, 4.69) is 101 Å². The largest absolute Gasteiger partial charge is 0.131 e. The van der Waals surface area contributed by atoms with E-state index in [4.69, 9.17) is 0 Å². The second kappa shape index (κ2) is 6.80. The third-order valence-electron chi connectivity index (χ3n) is 6.48. The Morgan fingerprint density at radius 3 is 1.64 bits per heavy atom. The average molecular weight is 347 g/mol. The van der Waals surface area contributed by atoms with Crippen molar-refractivity contribution in [3.63, 3.8) is 0 Å². The molecule has 0 saturated heterocycles. The molecule has 0 fully saturated rings. The maximum atomic E-state index is 2.58. The van der Waals surface area contributed by atoms with Crippen LogP contribution in [0.2, 0.25) is 11.1 Å². The highest BCUT2D eigenvalue weighted by Gasteiger charge is 2.53. The van der Waals surface area contributed by atoms with Gasteiger partial charge >= 0.3 is 0 Å². The van der Waals surface area contributed by atoms with Crippen LogP contribution in [0.3, 0.4) is 0 Å². The van der Waals surface area contributed by atoms with Crippen molar-refractivity contribution in [2.75, 3.05) is 0 Å². The van der Waals surface area contributed by atoms with E-state index in [-0.39, 0.29) is 5.04 Å². The van der Waals surface area contributed by atoms with Crippen LogP contribution in [0.1, 0.15) is 41.0 Å². The molecule has 25 heavy (non-hydrogen) atoms. The Hall–Kier alpha value is -1.86. The highest BCUT2D eigenvalue weighted by molar-refractivity contribution is 7.05. The molecule has 1 atom stereocenters. The molecule has 0 radical (unpaired) electrons. The van der Waals surface area contributed by atoms with E-state index in [9.17, 15) is 0 Å². The summed E-state index contributed by atoms with van der Waals surface area (Å²) in [5.41, 5.74) is 4.51. The van der Waals surface area contributed by atoms with Gasteiger partial charge in [0.05, 0.1) is 0 Å². The maximum Gasteiger partial charge on any atom is 0.131 e. The first-order chi connectivity index (χ1) is 12.0. The molecular formula is C24H30Si. The highest BCUT2D eigenvalue weighted by Crippen LogP contribution is 2.54. The van der Waals surface area contributed by atoms with Crippen LogP contribution >= 0.6 is 0 Å². The molecule has 1 aliphatic carbocycles. The van der Waals surface area contributed by atoms with E-state index in [1.807, 2.05) is 0 Å². The van der Waals surface area contributed by atoms with Gasteiger partial charge in [0.1, 0.15) is 8.07 Å². The molecule has 0 N–H and O–H groups in total. The summed E-state index contributed by atoms with van der Waals surface area (Å²) in [6, 6.07) is 24.0. The molecule has 1 heteroatoms. The first-order valence-corrected chi connectivity index (χ1v) is 11.7. The monoisotopic (exact) mass is 346 g/mol. The van der Waals surface area contributed by atoms with Gasteiger partial charge in [-0.3, -0.25) is 0 Å². The fourth-order valence-corrected chi connectivity index (χ4v) is 11.1. The minimum atomic E-state index is -2.02. The van der Waals surface area contributed by atoms with Crippen molar-refractivity contribution in [2.24, 2.45) is 0 Å². The molecule has 0 nitrogen and oxygen atoms in total. The Kier molecular flexibility index (Phi) is 4.88. The predicted molar refractivity (Wildman–Crippen MR) is 114 cm³/mol. The molecule has 0 bridgehead atoms. The summed E-state index contributed by atoms with van der Waals surface area (Å²) in [5, 5.41) is 3.24. The van der Waals surface area contributed by atoms with Crippen molar-refractivity contribution in [1.29, 1.82) is 0 Å². The number of hydrogen-bond acceptors (Lipinski definition) is 0. The summed E-state index contributed by atoms with van der Waals surface area (Å²) in [5.74, 6) is 0. The highest BCUT2D eigenvalue weighted by atomic mass is 28.3. The fraction of sp³-hybridized carbons (Fsp3) is 0.333. The van der Waals surface area contributed by atoms with Gasteiger partial charge in [0.25, 0.3) is 0 Å². The number of hydrogen-bond donors (Lipinski definition) is 0. The smallest absolute Gasteiger partial charge is 0.0733 e. The van der Waals surface area contributed by atoms with Crippen LogP contribution < -0.4 is 10.4 Å². The average Bonchev–Trinajstić information content (AvgIpc) is 2.85. The Morgan fingerprint density at radius 2 is 1.28 bits per heavy atom. The number of rotatable bonds is 5. The zero-order valence-corrected chi connectivity index (χ0v) is 17.3. The summed E-state index contributed by atoms with van der Waals surface area (Å²) in [6.07, 6.45) is 3.80. The standard InChI is InChI=1S/C24H30Si/c1-6-17-25(22-13-9-7-10-14-22,23-15-11-8-12-16-23)24(5)18-19(2)20(3)21(24)4/h7-16,18H,6,17H2,1-5H3. The van der Waals surface area contributed by atoms with Gasteiger partial charge in [-0.25, -0.2) is 0 Å². The van der Waals surface area contributed by atoms with E-state index < -0.39 is 8.07 Å². The fourth-order valence-electron chi connectivity index (χ4n) is 4.91. The van der Waals surface area contributed by atoms with Crippen LogP contribution in [0.5, 0.6) is 0 Å². The third kappa shape index (κ3) is 2.66. The second-order valence-corrected chi connectivity index (χ2v) is 12.2. The van der Waals surface area contributed by atoms with Gasteiger partial charge < -0.3 is 0 Å². The lowest BCUT2D eigenvalue weighted by Gasteiger charge is -2.46. The Bertz CT molecular complexity index is 759. The van der Waals surface area contributed by atoms with E-state index in [0.29, 0.717) is 0 Å². The van der Waals surface area contributed by atoms with Crippen molar-refractivity contribution in [3.05, 3.63) is 83.5 Å². The molecule has 0 amide bonds. The molecule has 0 aromatic heterocycles. The molecule has 2 aromatic rings. The Labute approximate surface area is 154 Å². The van der Waals surface area contributed by atoms with Crippen molar-refractivity contribution < 1.29 is 0 Å². The van der Waals surface area contributed by atoms with Gasteiger partial charge in [-0.15, -0.1) is 0 Å². The van der Waals surface area contributed by atoms with Gasteiger partial charge in [-0.05, 0) is 32.4 Å². The van der Waals surface area contributed by atoms with Crippen molar-refractivity contribution in [2.45, 2.75) is 52.1 Å². The molecule has 1 unspecified atom stereocenters. The van der Waals surface area contributed by atoms with Gasteiger partial charge in [-0.2, -0.15) is 0 Å². The predicted octanol–water partition coefficient (Wildman–Crippen LogP) is 5.72. The molecule has 2 aromatic carbocycles. The zero-order chi connectivity index (χ0) is 18.1. The lowest BCUT2D eigenvalue weighted by atomic mass is 10.0. The summed E-state index contributed by atoms with van der Waals surface area (Å²) < 4.78 is 0. The van der Waals surface area contributed by atoms with Gasteiger partial charge in [0, 0.05) is 5.04 Å². The Balaban J connectivity index is 2.38. The first kappa shape index (κ1) is 17.9. The van der Waals surface area contributed by atoms with Crippen LogP contribution in [-0.2, 0) is 0 Å². The van der Waals surface area contributed by atoms with Crippen molar-refractivity contribution in [1.82, 2.24) is 0 Å². The molecule has 1 aliphatic rings. The number of benzene rings is 2. The van der Waals surface area contributed by atoms with Gasteiger partial charge in [0.2, 0.25) is 0 Å². The van der Waals surface area contributed by atoms with Gasteiger partial charge in [0.15, 0.2) is 0 Å². The van der Waals surface area contributed by atoms with Crippen LogP contribution in [0.15, 0.2) is 83.5 Å². The SMILES string of the molecule is CCC[Si](c1ccccc1)(c1ccccc1)C1(C)C=C(C)C(C)=C1C. The molecule has 0 saturated carbocycles. The summed E-state index contributed by atoms with van der Waals surface area (Å²) in [4.78, 5) is 0. The second-order valence-electron chi connectivity index (χ2n) is 7.67. The van der Waals surface area contributed by atoms with Crippen LogP contribution in [0.4, 0.5) is 0 Å². The van der Waals surface area contributed by atoms with E-state index >= 15 is 0 Å². The van der Waals surface area contributed by atoms with E-state index in [0.717, 1.165) is 0 Å². The van der Waals surface area contributed by atoms with E-state index in [1.165, 1.54) is 23.6 Å². The topological polar surface area (TPSA) is 0 Å². The maximum absolute atomic E-state index is 2.58. The third-order valence-corrected chi connectivity index (χ3v) is 12.7. The summed E-state index contributed by atoms with van der Waals surface area (Å²) in [7, 11) is -2.02.